The molecule has 0 radical (unpaired) electrons. The van der Waals surface area contributed by atoms with Crippen LogP contribution in [0.2, 0.25) is 0 Å². The fourth-order valence-electron chi connectivity index (χ4n) is 2.34. The van der Waals surface area contributed by atoms with Gasteiger partial charge in [-0.2, -0.15) is 5.10 Å². The van der Waals surface area contributed by atoms with Crippen LogP contribution in [-0.4, -0.2) is 28.5 Å². The van der Waals surface area contributed by atoms with Gasteiger partial charge in [-0.05, 0) is 51.7 Å². The second-order valence-electron chi connectivity index (χ2n) is 6.25. The lowest BCUT2D eigenvalue weighted by Crippen LogP contribution is -2.41. The fraction of sp³-hybridized carbons (Fsp3) is 0.500. The van der Waals surface area contributed by atoms with Gasteiger partial charge >= 0.3 is 7.12 Å². The van der Waals surface area contributed by atoms with Gasteiger partial charge in [0.1, 0.15) is 0 Å². The summed E-state index contributed by atoms with van der Waals surface area (Å²) in [6, 6.07) is 4.18. The molecule has 1 aromatic heterocycles. The lowest BCUT2D eigenvalue weighted by molar-refractivity contribution is 0.00578. The van der Waals surface area contributed by atoms with Crippen molar-refractivity contribution in [3.05, 3.63) is 23.9 Å². The van der Waals surface area contributed by atoms with Crippen molar-refractivity contribution in [3.8, 4) is 0 Å². The first-order valence-corrected chi connectivity index (χ1v) is 6.59. The Labute approximate surface area is 113 Å². The monoisotopic (exact) mass is 258 g/mol. The van der Waals surface area contributed by atoms with Crippen LogP contribution in [0, 0.1) is 6.92 Å². The van der Waals surface area contributed by atoms with Crippen molar-refractivity contribution in [2.75, 3.05) is 0 Å². The van der Waals surface area contributed by atoms with E-state index in [1.807, 2.05) is 6.20 Å². The lowest BCUT2D eigenvalue weighted by atomic mass is 9.76. The number of nitrogens with one attached hydrogen (secondary N) is 1. The SMILES string of the molecule is Cc1cc2[nH]ncc2cc1B1OC(C)(C)C(C)(C)O1. The highest BCUT2D eigenvalue weighted by atomic mass is 16.7. The first-order chi connectivity index (χ1) is 8.80. The predicted molar refractivity (Wildman–Crippen MR) is 76.5 cm³/mol. The van der Waals surface area contributed by atoms with Crippen LogP contribution < -0.4 is 5.46 Å². The van der Waals surface area contributed by atoms with Crippen LogP contribution in [0.1, 0.15) is 33.3 Å². The number of hydrogen-bond acceptors (Lipinski definition) is 3. The summed E-state index contributed by atoms with van der Waals surface area (Å²) < 4.78 is 12.2. The van der Waals surface area contributed by atoms with E-state index in [0.29, 0.717) is 0 Å². The van der Waals surface area contributed by atoms with Gasteiger partial charge < -0.3 is 9.31 Å². The van der Waals surface area contributed by atoms with Crippen LogP contribution in [0.25, 0.3) is 10.9 Å². The van der Waals surface area contributed by atoms with Gasteiger partial charge in [-0.25, -0.2) is 0 Å². The number of rotatable bonds is 1. The van der Waals surface area contributed by atoms with E-state index >= 15 is 0 Å². The van der Waals surface area contributed by atoms with Gasteiger partial charge in [0, 0.05) is 5.39 Å². The highest BCUT2D eigenvalue weighted by Gasteiger charge is 2.52. The molecule has 4 nitrogen and oxygen atoms in total. The van der Waals surface area contributed by atoms with Gasteiger partial charge in [-0.1, -0.05) is 6.07 Å². The summed E-state index contributed by atoms with van der Waals surface area (Å²) in [4.78, 5) is 0. The van der Waals surface area contributed by atoms with Crippen LogP contribution in [0.15, 0.2) is 18.3 Å². The molecule has 19 heavy (non-hydrogen) atoms. The Balaban J connectivity index is 2.04. The van der Waals surface area contributed by atoms with Gasteiger partial charge in [0.15, 0.2) is 0 Å². The molecule has 0 spiro atoms. The van der Waals surface area contributed by atoms with Crippen molar-refractivity contribution in [2.45, 2.75) is 45.8 Å². The Bertz CT molecular complexity index is 617. The molecule has 0 atom stereocenters. The van der Waals surface area contributed by atoms with E-state index in [9.17, 15) is 0 Å². The third-order valence-corrected chi connectivity index (χ3v) is 4.33. The minimum absolute atomic E-state index is 0.310. The third kappa shape index (κ3) is 1.88. The van der Waals surface area contributed by atoms with Crippen molar-refractivity contribution in [1.82, 2.24) is 10.2 Å². The average molecular weight is 258 g/mol. The van der Waals surface area contributed by atoms with Crippen LogP contribution in [-0.2, 0) is 9.31 Å². The summed E-state index contributed by atoms with van der Waals surface area (Å²) in [6.07, 6.45) is 1.82. The molecule has 2 heterocycles. The zero-order valence-electron chi connectivity index (χ0n) is 12.1. The van der Waals surface area contributed by atoms with Gasteiger partial charge in [-0.15, -0.1) is 0 Å². The molecule has 5 heteroatoms. The van der Waals surface area contributed by atoms with Crippen LogP contribution >= 0.6 is 0 Å². The topological polar surface area (TPSA) is 47.1 Å². The Morgan fingerprint density at radius 2 is 1.74 bits per heavy atom. The summed E-state index contributed by atoms with van der Waals surface area (Å²) in [5.41, 5.74) is 2.64. The molecule has 0 amide bonds. The van der Waals surface area contributed by atoms with Crippen molar-refractivity contribution in [3.63, 3.8) is 0 Å². The van der Waals surface area contributed by atoms with Crippen LogP contribution in [0.3, 0.4) is 0 Å². The summed E-state index contributed by atoms with van der Waals surface area (Å²) in [7, 11) is -0.315. The predicted octanol–water partition coefficient (Wildman–Crippen LogP) is 2.17. The van der Waals surface area contributed by atoms with Gasteiger partial charge in [0.25, 0.3) is 0 Å². The van der Waals surface area contributed by atoms with Gasteiger partial charge in [0.2, 0.25) is 0 Å². The minimum Gasteiger partial charge on any atom is -0.399 e. The molecule has 0 saturated carbocycles. The second kappa shape index (κ2) is 3.84. The number of aromatic amines is 1. The molecular formula is C14H19BN2O2. The molecule has 1 fully saturated rings. The number of hydrogen-bond donors (Lipinski definition) is 1. The Morgan fingerprint density at radius 3 is 2.37 bits per heavy atom. The molecule has 3 rings (SSSR count). The normalized spacial score (nSPS) is 21.2. The summed E-state index contributed by atoms with van der Waals surface area (Å²) in [5, 5.41) is 8.12. The molecule has 0 unspecified atom stereocenters. The zero-order valence-corrected chi connectivity index (χ0v) is 12.1. The first kappa shape index (κ1) is 12.7. The Morgan fingerprint density at radius 1 is 1.11 bits per heavy atom. The maximum atomic E-state index is 6.10. The maximum Gasteiger partial charge on any atom is 0.495 e. The summed E-state index contributed by atoms with van der Waals surface area (Å²) in [6.45, 7) is 10.3. The Hall–Kier alpha value is -1.33. The first-order valence-electron chi connectivity index (χ1n) is 6.59. The summed E-state index contributed by atoms with van der Waals surface area (Å²) >= 11 is 0. The van der Waals surface area contributed by atoms with Crippen molar-refractivity contribution < 1.29 is 9.31 Å². The van der Waals surface area contributed by atoms with Gasteiger partial charge in [0.05, 0.1) is 22.9 Å². The molecule has 1 N–H and O–H groups in total. The number of fused-ring (bicyclic) bond motifs is 1. The molecule has 100 valence electrons. The van der Waals surface area contributed by atoms with Crippen LogP contribution in [0.4, 0.5) is 0 Å². The minimum atomic E-state index is -0.315. The largest absolute Gasteiger partial charge is 0.495 e. The molecule has 1 aromatic carbocycles. The summed E-state index contributed by atoms with van der Waals surface area (Å²) in [5.74, 6) is 0. The van der Waals surface area contributed by atoms with E-state index < -0.39 is 0 Å². The lowest BCUT2D eigenvalue weighted by Gasteiger charge is -2.32. The quantitative estimate of drug-likeness (QED) is 0.797. The highest BCUT2D eigenvalue weighted by molar-refractivity contribution is 6.63. The van der Waals surface area contributed by atoms with E-state index in [2.05, 4.69) is 56.9 Å². The molecule has 0 aliphatic carbocycles. The number of nitrogens with zero attached hydrogens (tertiary/aromatic N) is 1. The highest BCUT2D eigenvalue weighted by Crippen LogP contribution is 2.36. The molecular weight excluding hydrogens is 239 g/mol. The molecule has 1 aliphatic rings. The molecule has 1 saturated heterocycles. The standard InChI is InChI=1S/C14H19BN2O2/c1-9-6-12-10(8-16-17-12)7-11(9)15-18-13(2,3)14(4,5)19-15/h6-8H,1-5H3,(H,16,17). The number of H-pyrrole nitrogens is 1. The average Bonchev–Trinajstić information content (AvgIpc) is 2.80. The van der Waals surface area contributed by atoms with Gasteiger partial charge in [-0.3, -0.25) is 5.10 Å². The van der Waals surface area contributed by atoms with E-state index in [4.69, 9.17) is 9.31 Å². The molecule has 0 bridgehead atoms. The van der Waals surface area contributed by atoms with Crippen LogP contribution in [0.5, 0.6) is 0 Å². The molecule has 2 aromatic rings. The second-order valence-corrected chi connectivity index (χ2v) is 6.25. The van der Waals surface area contributed by atoms with E-state index in [1.54, 1.807) is 0 Å². The molecule has 1 aliphatic heterocycles. The zero-order chi connectivity index (χ0) is 13.8. The van der Waals surface area contributed by atoms with Crippen molar-refractivity contribution in [1.29, 1.82) is 0 Å². The fourth-order valence-corrected chi connectivity index (χ4v) is 2.34. The third-order valence-electron chi connectivity index (χ3n) is 4.33. The smallest absolute Gasteiger partial charge is 0.399 e. The van der Waals surface area contributed by atoms with Crippen molar-refractivity contribution in [2.24, 2.45) is 0 Å². The number of aryl methyl sites for hydroxylation is 1. The Kier molecular flexibility index (Phi) is 2.56. The maximum absolute atomic E-state index is 6.10. The van der Waals surface area contributed by atoms with Crippen molar-refractivity contribution >= 4 is 23.5 Å². The number of benzene rings is 1. The van der Waals surface area contributed by atoms with E-state index in [1.165, 1.54) is 0 Å². The number of aromatic nitrogens is 2. The van der Waals surface area contributed by atoms with E-state index in [-0.39, 0.29) is 18.3 Å². The van der Waals surface area contributed by atoms with E-state index in [0.717, 1.165) is 21.9 Å².